The van der Waals surface area contributed by atoms with Gasteiger partial charge >= 0.3 is 11.9 Å². The zero-order valence-electron chi connectivity index (χ0n) is 9.25. The van der Waals surface area contributed by atoms with Gasteiger partial charge in [-0.05, 0) is 11.6 Å². The van der Waals surface area contributed by atoms with E-state index in [0.29, 0.717) is 0 Å². The zero-order valence-corrected chi connectivity index (χ0v) is 10.0. The Morgan fingerprint density at radius 1 is 1.18 bits per heavy atom. The highest BCUT2D eigenvalue weighted by Gasteiger charge is 2.37. The second kappa shape index (κ2) is 7.21. The van der Waals surface area contributed by atoms with Gasteiger partial charge in [0, 0.05) is 13.8 Å². The van der Waals surface area contributed by atoms with Crippen LogP contribution in [0.5, 0.6) is 0 Å². The third-order valence-corrected chi connectivity index (χ3v) is 1.90. The van der Waals surface area contributed by atoms with Crippen molar-refractivity contribution in [1.29, 1.82) is 0 Å². The van der Waals surface area contributed by atoms with Crippen molar-refractivity contribution < 1.29 is 34.1 Å². The van der Waals surface area contributed by atoms with Crippen LogP contribution < -0.4 is 0 Å². The van der Waals surface area contributed by atoms with E-state index >= 15 is 0 Å². The minimum absolute atomic E-state index is 0.792. The Balaban J connectivity index is 4.98. The lowest BCUT2D eigenvalue weighted by Gasteiger charge is -2.26. The number of carbonyl (C=O) groups is 3. The molecule has 2 N–H and O–H groups in total. The van der Waals surface area contributed by atoms with Crippen molar-refractivity contribution >= 4 is 28.8 Å². The molecule has 0 fully saturated rings. The molecule has 8 heteroatoms. The lowest BCUT2D eigenvalue weighted by molar-refractivity contribution is -0.177. The largest absolute Gasteiger partial charge is 0.455 e. The number of halogens is 1. The van der Waals surface area contributed by atoms with Crippen molar-refractivity contribution in [3.8, 4) is 0 Å². The smallest absolute Gasteiger partial charge is 0.303 e. The Labute approximate surface area is 102 Å². The van der Waals surface area contributed by atoms with Gasteiger partial charge in [-0.15, -0.1) is 0 Å². The highest BCUT2D eigenvalue weighted by molar-refractivity contribution is 6.64. The van der Waals surface area contributed by atoms with Crippen molar-refractivity contribution in [2.75, 3.05) is 6.61 Å². The van der Waals surface area contributed by atoms with Crippen LogP contribution in [-0.4, -0.2) is 52.3 Å². The molecule has 0 saturated carbocycles. The molecule has 0 aromatic rings. The van der Waals surface area contributed by atoms with E-state index in [4.69, 9.17) is 16.7 Å². The molecule has 0 saturated heterocycles. The van der Waals surface area contributed by atoms with Gasteiger partial charge in [-0.3, -0.25) is 14.4 Å². The van der Waals surface area contributed by atoms with Crippen molar-refractivity contribution in [3.05, 3.63) is 0 Å². The van der Waals surface area contributed by atoms with Crippen LogP contribution in [0, 0.1) is 0 Å². The highest BCUT2D eigenvalue weighted by atomic mass is 35.5. The summed E-state index contributed by atoms with van der Waals surface area (Å²) in [5, 5.41) is 17.0. The van der Waals surface area contributed by atoms with Crippen LogP contribution in [0.25, 0.3) is 0 Å². The molecule has 0 amide bonds. The predicted octanol–water partition coefficient (Wildman–Crippen LogP) is -1.03. The minimum atomic E-state index is -1.67. The summed E-state index contributed by atoms with van der Waals surface area (Å²) in [4.78, 5) is 32.5. The number of rotatable bonds is 6. The number of aliphatic hydroxyl groups excluding tert-OH is 2. The van der Waals surface area contributed by atoms with Gasteiger partial charge in [0.1, 0.15) is 6.10 Å². The van der Waals surface area contributed by atoms with Crippen LogP contribution in [0.15, 0.2) is 0 Å². The molecule has 0 aromatic carbocycles. The summed E-state index contributed by atoms with van der Waals surface area (Å²) in [6, 6.07) is 0. The molecule has 7 nitrogen and oxygen atoms in total. The number of carbonyl (C=O) groups excluding carboxylic acids is 3. The van der Waals surface area contributed by atoms with Crippen molar-refractivity contribution in [2.45, 2.75) is 32.2 Å². The fraction of sp³-hybridized carbons (Fsp3) is 0.667. The van der Waals surface area contributed by atoms with Gasteiger partial charge < -0.3 is 19.7 Å². The number of hydrogen-bond donors (Lipinski definition) is 2. The molecule has 0 aromatic heterocycles. The molecule has 3 atom stereocenters. The normalized spacial score (nSPS) is 15.6. The third kappa shape index (κ3) is 5.62. The highest BCUT2D eigenvalue weighted by Crippen LogP contribution is 2.13. The lowest BCUT2D eigenvalue weighted by Crippen LogP contribution is -2.47. The van der Waals surface area contributed by atoms with Gasteiger partial charge in [-0.2, -0.15) is 0 Å². The summed E-state index contributed by atoms with van der Waals surface area (Å²) < 4.78 is 9.12. The maximum absolute atomic E-state index is 11.0. The summed E-state index contributed by atoms with van der Waals surface area (Å²) in [5.41, 5.74) is 0. The summed E-state index contributed by atoms with van der Waals surface area (Å²) in [5.74, 6) is -1.66. The molecular formula is C9H13ClO7. The zero-order chi connectivity index (χ0) is 13.6. The SMILES string of the molecule is CC(=O)O[C@H]([C@H](O)CO)[C@H](OC(C)=O)C(=O)Cl. The Hall–Kier alpha value is -1.18. The van der Waals surface area contributed by atoms with Gasteiger partial charge in [0.2, 0.25) is 6.10 Å². The number of hydrogen-bond acceptors (Lipinski definition) is 7. The molecule has 17 heavy (non-hydrogen) atoms. The van der Waals surface area contributed by atoms with Crippen LogP contribution in [0.4, 0.5) is 0 Å². The molecule has 0 radical (unpaired) electrons. The Kier molecular flexibility index (Phi) is 6.71. The van der Waals surface area contributed by atoms with E-state index in [0.717, 1.165) is 13.8 Å². The average molecular weight is 269 g/mol. The van der Waals surface area contributed by atoms with E-state index in [2.05, 4.69) is 9.47 Å². The van der Waals surface area contributed by atoms with Crippen molar-refractivity contribution in [2.24, 2.45) is 0 Å². The molecule has 0 heterocycles. The topological polar surface area (TPSA) is 110 Å². The van der Waals surface area contributed by atoms with Crippen LogP contribution >= 0.6 is 11.6 Å². The first-order chi connectivity index (χ1) is 7.79. The van der Waals surface area contributed by atoms with Gasteiger partial charge in [0.05, 0.1) is 6.61 Å². The van der Waals surface area contributed by atoms with E-state index in [1.165, 1.54) is 0 Å². The summed E-state index contributed by atoms with van der Waals surface area (Å²) >= 11 is 5.17. The molecule has 98 valence electrons. The number of aliphatic hydroxyl groups is 2. The van der Waals surface area contributed by atoms with Crippen LogP contribution in [0.2, 0.25) is 0 Å². The number of esters is 2. The second-order valence-electron chi connectivity index (χ2n) is 3.16. The van der Waals surface area contributed by atoms with E-state index in [1.807, 2.05) is 0 Å². The first-order valence-corrected chi connectivity index (χ1v) is 5.00. The average Bonchev–Trinajstić information content (AvgIpc) is 2.21. The molecule has 0 rings (SSSR count). The molecule has 0 spiro atoms. The van der Waals surface area contributed by atoms with Crippen LogP contribution in [0.3, 0.4) is 0 Å². The molecule has 0 unspecified atom stereocenters. The molecule has 0 aliphatic rings. The van der Waals surface area contributed by atoms with Crippen LogP contribution in [-0.2, 0) is 23.9 Å². The predicted molar refractivity (Wildman–Crippen MR) is 55.1 cm³/mol. The number of ether oxygens (including phenoxy) is 2. The Bertz CT molecular complexity index is 304. The van der Waals surface area contributed by atoms with E-state index in [9.17, 15) is 19.5 Å². The van der Waals surface area contributed by atoms with Gasteiger partial charge in [0.15, 0.2) is 6.10 Å². The second-order valence-corrected chi connectivity index (χ2v) is 3.53. The van der Waals surface area contributed by atoms with E-state index < -0.39 is 42.1 Å². The maximum atomic E-state index is 11.0. The standard InChI is InChI=1S/C9H13ClO7/c1-4(12)16-7(6(14)3-11)8(9(10)15)17-5(2)13/h6-8,11,14H,3H2,1-2H3/t6-,7-,8+/m1/s1. The Morgan fingerprint density at radius 2 is 1.65 bits per heavy atom. The van der Waals surface area contributed by atoms with Crippen LogP contribution in [0.1, 0.15) is 13.8 Å². The monoisotopic (exact) mass is 268 g/mol. The van der Waals surface area contributed by atoms with Crippen molar-refractivity contribution in [3.63, 3.8) is 0 Å². The third-order valence-electron chi connectivity index (χ3n) is 1.68. The summed E-state index contributed by atoms with van der Waals surface area (Å²) in [7, 11) is 0. The maximum Gasteiger partial charge on any atom is 0.303 e. The molecule has 0 aliphatic carbocycles. The van der Waals surface area contributed by atoms with Gasteiger partial charge in [-0.25, -0.2) is 0 Å². The van der Waals surface area contributed by atoms with Crippen molar-refractivity contribution in [1.82, 2.24) is 0 Å². The van der Waals surface area contributed by atoms with Gasteiger partial charge in [0.25, 0.3) is 5.24 Å². The minimum Gasteiger partial charge on any atom is -0.455 e. The Morgan fingerprint density at radius 3 is 1.94 bits per heavy atom. The molecular weight excluding hydrogens is 256 g/mol. The molecule has 0 aliphatic heterocycles. The first kappa shape index (κ1) is 15.8. The first-order valence-electron chi connectivity index (χ1n) is 4.62. The fourth-order valence-electron chi connectivity index (χ4n) is 1.06. The lowest BCUT2D eigenvalue weighted by atomic mass is 10.1. The summed E-state index contributed by atoms with van der Waals surface area (Å²) in [6.07, 6.45) is -4.81. The fourth-order valence-corrected chi connectivity index (χ4v) is 1.23. The van der Waals surface area contributed by atoms with E-state index in [1.54, 1.807) is 0 Å². The van der Waals surface area contributed by atoms with E-state index in [-0.39, 0.29) is 0 Å². The quantitative estimate of drug-likeness (QED) is 0.468. The summed E-state index contributed by atoms with van der Waals surface area (Å²) in [6.45, 7) is 1.25. The molecule has 0 bridgehead atoms. The van der Waals surface area contributed by atoms with Gasteiger partial charge in [-0.1, -0.05) is 0 Å².